The van der Waals surface area contributed by atoms with Crippen molar-refractivity contribution in [3.63, 3.8) is 0 Å². The predicted octanol–water partition coefficient (Wildman–Crippen LogP) is 5.80. The van der Waals surface area contributed by atoms with E-state index in [1.54, 1.807) is 0 Å². The molecule has 1 aliphatic carbocycles. The fraction of sp³-hybridized carbons (Fsp3) is 0.231. The molecule has 4 aromatic rings. The van der Waals surface area contributed by atoms with Crippen molar-refractivity contribution >= 4 is 16.9 Å². The molecule has 2 aromatic heterocycles. The molecule has 148 valence electrons. The van der Waals surface area contributed by atoms with Crippen molar-refractivity contribution in [3.8, 4) is 22.3 Å². The number of rotatable bonds is 2. The highest BCUT2D eigenvalue weighted by molar-refractivity contribution is 6.02. The summed E-state index contributed by atoms with van der Waals surface area (Å²) in [6.07, 6.45) is 9.60. The minimum Gasteiger partial charge on any atom is -0.346 e. The molecule has 1 saturated carbocycles. The van der Waals surface area contributed by atoms with Gasteiger partial charge in [0.15, 0.2) is 0 Å². The molecular weight excluding hydrogens is 370 g/mol. The lowest BCUT2D eigenvalue weighted by Crippen LogP contribution is -2.40. The van der Waals surface area contributed by atoms with Gasteiger partial charge in [0.05, 0.1) is 5.54 Å². The van der Waals surface area contributed by atoms with E-state index in [9.17, 15) is 4.79 Å². The Morgan fingerprint density at radius 1 is 0.833 bits per heavy atom. The molecule has 2 N–H and O–H groups in total. The van der Waals surface area contributed by atoms with E-state index in [1.807, 2.05) is 36.7 Å². The van der Waals surface area contributed by atoms with Gasteiger partial charge in [-0.25, -0.2) is 4.98 Å². The van der Waals surface area contributed by atoms with Gasteiger partial charge in [0.1, 0.15) is 5.65 Å². The SMILES string of the molecule is O=C1NC2(CCCCC2)c2cc(-c3c[nH]c4ncc(-c5ccccc5)cc34)ccc21. The average Bonchev–Trinajstić information content (AvgIpc) is 3.33. The van der Waals surface area contributed by atoms with Crippen LogP contribution in [0.5, 0.6) is 0 Å². The Bertz CT molecular complexity index is 1270. The first-order valence-electron chi connectivity index (χ1n) is 10.7. The van der Waals surface area contributed by atoms with E-state index in [4.69, 9.17) is 0 Å². The smallest absolute Gasteiger partial charge is 0.252 e. The van der Waals surface area contributed by atoms with Crippen LogP contribution in [-0.4, -0.2) is 15.9 Å². The number of carbonyl (C=O) groups is 1. The number of benzene rings is 2. The molecule has 1 amide bonds. The Morgan fingerprint density at radius 3 is 2.50 bits per heavy atom. The van der Waals surface area contributed by atoms with Crippen LogP contribution in [0.2, 0.25) is 0 Å². The molecule has 0 unspecified atom stereocenters. The van der Waals surface area contributed by atoms with E-state index >= 15 is 0 Å². The minimum absolute atomic E-state index is 0.0745. The fourth-order valence-electron chi connectivity index (χ4n) is 5.24. The minimum atomic E-state index is -0.180. The normalized spacial score (nSPS) is 17.3. The first-order chi connectivity index (χ1) is 14.7. The Morgan fingerprint density at radius 2 is 1.67 bits per heavy atom. The van der Waals surface area contributed by atoms with Crippen LogP contribution < -0.4 is 5.32 Å². The topological polar surface area (TPSA) is 57.8 Å². The van der Waals surface area contributed by atoms with Crippen LogP contribution in [0.25, 0.3) is 33.3 Å². The summed E-state index contributed by atoms with van der Waals surface area (Å²) in [5.41, 5.74) is 7.23. The summed E-state index contributed by atoms with van der Waals surface area (Å²) in [5, 5.41) is 4.42. The van der Waals surface area contributed by atoms with Crippen molar-refractivity contribution in [3.05, 3.63) is 78.1 Å². The van der Waals surface area contributed by atoms with Crippen molar-refractivity contribution in [1.82, 2.24) is 15.3 Å². The molecule has 2 aromatic carbocycles. The van der Waals surface area contributed by atoms with Gasteiger partial charge in [-0.3, -0.25) is 4.79 Å². The highest BCUT2D eigenvalue weighted by Crippen LogP contribution is 2.44. The third-order valence-electron chi connectivity index (χ3n) is 6.79. The van der Waals surface area contributed by atoms with Gasteiger partial charge in [-0.15, -0.1) is 0 Å². The molecule has 0 bridgehead atoms. The molecule has 0 atom stereocenters. The predicted molar refractivity (Wildman–Crippen MR) is 119 cm³/mol. The molecule has 30 heavy (non-hydrogen) atoms. The maximum Gasteiger partial charge on any atom is 0.252 e. The number of fused-ring (bicyclic) bond motifs is 3. The van der Waals surface area contributed by atoms with Crippen molar-refractivity contribution < 1.29 is 4.79 Å². The lowest BCUT2D eigenvalue weighted by atomic mass is 9.77. The highest BCUT2D eigenvalue weighted by Gasteiger charge is 2.43. The number of amides is 1. The summed E-state index contributed by atoms with van der Waals surface area (Å²) in [6, 6.07) is 18.8. The average molecular weight is 393 g/mol. The van der Waals surface area contributed by atoms with E-state index < -0.39 is 0 Å². The molecule has 0 saturated heterocycles. The van der Waals surface area contributed by atoms with E-state index in [0.717, 1.165) is 51.7 Å². The van der Waals surface area contributed by atoms with Gasteiger partial charge in [-0.05, 0) is 47.7 Å². The summed E-state index contributed by atoms with van der Waals surface area (Å²) in [7, 11) is 0. The zero-order valence-corrected chi connectivity index (χ0v) is 16.7. The van der Waals surface area contributed by atoms with Gasteiger partial charge in [-0.1, -0.05) is 55.7 Å². The number of aromatic amines is 1. The van der Waals surface area contributed by atoms with Crippen LogP contribution in [0.15, 0.2) is 67.0 Å². The second-order valence-electron chi connectivity index (χ2n) is 8.55. The molecule has 1 spiro atoms. The molecule has 4 heteroatoms. The molecule has 2 aliphatic rings. The second-order valence-corrected chi connectivity index (χ2v) is 8.55. The molecule has 1 fully saturated rings. The van der Waals surface area contributed by atoms with Crippen LogP contribution >= 0.6 is 0 Å². The molecule has 3 heterocycles. The molecular formula is C26H23N3O. The number of hydrogen-bond donors (Lipinski definition) is 2. The van der Waals surface area contributed by atoms with Gasteiger partial charge in [-0.2, -0.15) is 0 Å². The van der Waals surface area contributed by atoms with Crippen LogP contribution in [0.3, 0.4) is 0 Å². The largest absolute Gasteiger partial charge is 0.346 e. The first-order valence-corrected chi connectivity index (χ1v) is 10.7. The number of pyridine rings is 1. The molecule has 0 radical (unpaired) electrons. The maximum atomic E-state index is 12.6. The van der Waals surface area contributed by atoms with Crippen molar-refractivity contribution in [1.29, 1.82) is 0 Å². The fourth-order valence-corrected chi connectivity index (χ4v) is 5.24. The first kappa shape index (κ1) is 17.5. The highest BCUT2D eigenvalue weighted by atomic mass is 16.2. The van der Waals surface area contributed by atoms with Crippen LogP contribution in [-0.2, 0) is 5.54 Å². The third kappa shape index (κ3) is 2.60. The Labute approximate surface area is 175 Å². The molecule has 4 nitrogen and oxygen atoms in total. The number of hydrogen-bond acceptors (Lipinski definition) is 2. The van der Waals surface area contributed by atoms with Gasteiger partial charge >= 0.3 is 0 Å². The van der Waals surface area contributed by atoms with Crippen molar-refractivity contribution in [2.45, 2.75) is 37.6 Å². The van der Waals surface area contributed by atoms with Gasteiger partial charge < -0.3 is 10.3 Å². The number of nitrogens with one attached hydrogen (secondary N) is 2. The zero-order chi connectivity index (χ0) is 20.1. The monoisotopic (exact) mass is 393 g/mol. The summed E-state index contributed by atoms with van der Waals surface area (Å²) in [6.45, 7) is 0. The summed E-state index contributed by atoms with van der Waals surface area (Å²) >= 11 is 0. The van der Waals surface area contributed by atoms with Gasteiger partial charge in [0.25, 0.3) is 5.91 Å². The van der Waals surface area contributed by atoms with E-state index in [2.05, 4.69) is 45.6 Å². The summed E-state index contributed by atoms with van der Waals surface area (Å²) in [4.78, 5) is 20.6. The van der Waals surface area contributed by atoms with Gasteiger partial charge in [0.2, 0.25) is 0 Å². The van der Waals surface area contributed by atoms with Crippen LogP contribution in [0.1, 0.15) is 48.0 Å². The Hall–Kier alpha value is -3.40. The number of H-pyrrole nitrogens is 1. The Kier molecular flexibility index (Phi) is 3.82. The van der Waals surface area contributed by atoms with E-state index in [1.165, 1.54) is 24.8 Å². The van der Waals surface area contributed by atoms with E-state index in [0.29, 0.717) is 0 Å². The van der Waals surface area contributed by atoms with Crippen LogP contribution in [0.4, 0.5) is 0 Å². The van der Waals surface area contributed by atoms with E-state index in [-0.39, 0.29) is 11.4 Å². The van der Waals surface area contributed by atoms with Crippen molar-refractivity contribution in [2.75, 3.05) is 0 Å². The maximum absolute atomic E-state index is 12.6. The number of aromatic nitrogens is 2. The lowest BCUT2D eigenvalue weighted by Gasteiger charge is -2.34. The second kappa shape index (κ2) is 6.56. The lowest BCUT2D eigenvalue weighted by molar-refractivity contribution is 0.0909. The summed E-state index contributed by atoms with van der Waals surface area (Å²) < 4.78 is 0. The van der Waals surface area contributed by atoms with Crippen LogP contribution in [0, 0.1) is 0 Å². The number of carbonyl (C=O) groups excluding carboxylic acids is 1. The third-order valence-corrected chi connectivity index (χ3v) is 6.79. The number of nitrogens with zero attached hydrogens (tertiary/aromatic N) is 1. The quantitative estimate of drug-likeness (QED) is 0.452. The zero-order valence-electron chi connectivity index (χ0n) is 16.7. The summed E-state index contributed by atoms with van der Waals surface area (Å²) in [5.74, 6) is 0.0745. The standard InChI is InChI=1S/C26H23N3O/c30-25-20-10-9-18(14-23(20)26(29-25)11-5-2-6-12-26)22-16-28-24-21(22)13-19(15-27-24)17-7-3-1-4-8-17/h1,3-4,7-10,13-16H,2,5-6,11-12H2,(H,27,28)(H,29,30). The van der Waals surface area contributed by atoms with Gasteiger partial charge in [0, 0.05) is 34.5 Å². The van der Waals surface area contributed by atoms with Crippen molar-refractivity contribution in [2.24, 2.45) is 0 Å². The Balaban J connectivity index is 1.49. The molecule has 1 aliphatic heterocycles. The molecule has 6 rings (SSSR count).